The van der Waals surface area contributed by atoms with Crippen LogP contribution in [0.25, 0.3) is 11.0 Å². The molecule has 24 heavy (non-hydrogen) atoms. The first-order chi connectivity index (χ1) is 10.9. The van der Waals surface area contributed by atoms with Crippen LogP contribution in [0, 0.1) is 5.82 Å². The van der Waals surface area contributed by atoms with Gasteiger partial charge in [0.2, 0.25) is 0 Å². The molecule has 2 rings (SSSR count). The smallest absolute Gasteiger partial charge is 0.434 e. The molecule has 4 nitrogen and oxygen atoms in total. The topological polar surface area (TPSA) is 52.1 Å². The summed E-state index contributed by atoms with van der Waals surface area (Å²) in [4.78, 5) is 18.0. The highest BCUT2D eigenvalue weighted by molar-refractivity contribution is 5.94. The van der Waals surface area contributed by atoms with Crippen LogP contribution in [0.15, 0.2) is 12.1 Å². The number of carbonyl (C=O) groups is 1. The predicted octanol–water partition coefficient (Wildman–Crippen LogP) is 4.08. The van der Waals surface area contributed by atoms with Crippen molar-refractivity contribution < 1.29 is 35.9 Å². The molecule has 0 aliphatic rings. The van der Waals surface area contributed by atoms with Gasteiger partial charge in [-0.1, -0.05) is 0 Å². The summed E-state index contributed by atoms with van der Waals surface area (Å²) < 4.78 is 84.0. The summed E-state index contributed by atoms with van der Waals surface area (Å²) in [5.74, 6) is -6.45. The molecule has 0 aromatic carbocycles. The van der Waals surface area contributed by atoms with E-state index in [-0.39, 0.29) is 12.0 Å². The maximum Gasteiger partial charge on any atom is 0.434 e. The van der Waals surface area contributed by atoms with Crippen LogP contribution in [-0.2, 0) is 16.8 Å². The fourth-order valence-electron chi connectivity index (χ4n) is 1.97. The van der Waals surface area contributed by atoms with E-state index in [1.165, 1.54) is 6.92 Å². The number of fused-ring (bicyclic) bond motifs is 1. The molecule has 0 unspecified atom stereocenters. The Morgan fingerprint density at radius 2 is 1.71 bits per heavy atom. The quantitative estimate of drug-likeness (QED) is 0.617. The fraction of sp³-hybridized carbons (Fsp3) is 0.357. The lowest BCUT2D eigenvalue weighted by Gasteiger charge is -2.14. The van der Waals surface area contributed by atoms with Crippen molar-refractivity contribution in [2.75, 3.05) is 6.61 Å². The monoisotopic (exact) mass is 352 g/mol. The average Bonchev–Trinajstić information content (AvgIpc) is 2.43. The minimum atomic E-state index is -5.05. The first kappa shape index (κ1) is 18.0. The van der Waals surface area contributed by atoms with Gasteiger partial charge in [0.15, 0.2) is 17.2 Å². The molecule has 10 heteroatoms. The third kappa shape index (κ3) is 3.41. The molecular formula is C14H10F6N2O2. The number of aromatic nitrogens is 2. The van der Waals surface area contributed by atoms with E-state index in [0.717, 1.165) is 0 Å². The molecule has 2 heterocycles. The van der Waals surface area contributed by atoms with Gasteiger partial charge in [0.1, 0.15) is 5.69 Å². The fourth-order valence-corrected chi connectivity index (χ4v) is 1.97. The lowest BCUT2D eigenvalue weighted by Crippen LogP contribution is -2.19. The Bertz CT molecular complexity index is 798. The lowest BCUT2D eigenvalue weighted by atomic mass is 10.1. The molecular weight excluding hydrogens is 342 g/mol. The van der Waals surface area contributed by atoms with Crippen molar-refractivity contribution >= 4 is 17.0 Å². The van der Waals surface area contributed by atoms with Gasteiger partial charge in [-0.25, -0.2) is 19.2 Å². The number of hydrogen-bond donors (Lipinski definition) is 0. The SMILES string of the molecule is CCOC(=O)c1cc2cc(F)c(C(C)(F)F)nc2nc1C(F)(F)F. The van der Waals surface area contributed by atoms with Gasteiger partial charge in [-0.05, 0) is 19.1 Å². The van der Waals surface area contributed by atoms with E-state index in [1.807, 2.05) is 0 Å². The molecule has 0 radical (unpaired) electrons. The summed E-state index contributed by atoms with van der Waals surface area (Å²) in [5.41, 5.74) is -4.68. The van der Waals surface area contributed by atoms with E-state index in [9.17, 15) is 31.1 Å². The van der Waals surface area contributed by atoms with Crippen molar-refractivity contribution in [3.63, 3.8) is 0 Å². The number of carbonyl (C=O) groups excluding carboxylic acids is 1. The summed E-state index contributed by atoms with van der Waals surface area (Å²) in [5, 5.41) is -0.337. The Hall–Kier alpha value is -2.39. The van der Waals surface area contributed by atoms with Crippen LogP contribution >= 0.6 is 0 Å². The number of alkyl halides is 5. The van der Waals surface area contributed by atoms with Crippen molar-refractivity contribution in [2.45, 2.75) is 25.9 Å². The summed E-state index contributed by atoms with van der Waals surface area (Å²) >= 11 is 0. The first-order valence-electron chi connectivity index (χ1n) is 6.59. The van der Waals surface area contributed by atoms with Crippen LogP contribution in [0.1, 0.15) is 35.6 Å². The summed E-state index contributed by atoms with van der Waals surface area (Å²) in [6.07, 6.45) is -5.05. The number of esters is 1. The highest BCUT2D eigenvalue weighted by atomic mass is 19.4. The number of nitrogens with zero attached hydrogens (tertiary/aromatic N) is 2. The van der Waals surface area contributed by atoms with Gasteiger partial charge in [0, 0.05) is 12.3 Å². The van der Waals surface area contributed by atoms with E-state index < -0.39 is 46.5 Å². The molecule has 2 aromatic heterocycles. The number of rotatable bonds is 3. The van der Waals surface area contributed by atoms with Gasteiger partial charge >= 0.3 is 12.1 Å². The Morgan fingerprint density at radius 1 is 1.12 bits per heavy atom. The summed E-state index contributed by atoms with van der Waals surface area (Å²) in [6.45, 7) is 1.54. The minimum absolute atomic E-state index is 0.193. The molecule has 2 aromatic rings. The maximum absolute atomic E-state index is 13.7. The number of hydrogen-bond acceptors (Lipinski definition) is 4. The first-order valence-corrected chi connectivity index (χ1v) is 6.59. The van der Waals surface area contributed by atoms with Gasteiger partial charge in [-0.15, -0.1) is 0 Å². The third-order valence-corrected chi connectivity index (χ3v) is 2.94. The maximum atomic E-state index is 13.7. The van der Waals surface area contributed by atoms with Crippen LogP contribution < -0.4 is 0 Å². The normalized spacial score (nSPS) is 12.5. The minimum Gasteiger partial charge on any atom is -0.462 e. The van der Waals surface area contributed by atoms with Crippen LogP contribution in [0.4, 0.5) is 26.3 Å². The molecule has 0 spiro atoms. The van der Waals surface area contributed by atoms with Crippen molar-refractivity contribution in [1.82, 2.24) is 9.97 Å². The van der Waals surface area contributed by atoms with Gasteiger partial charge in [0.05, 0.1) is 12.2 Å². The Balaban J connectivity index is 2.78. The molecule has 0 bridgehead atoms. The van der Waals surface area contributed by atoms with Gasteiger partial charge < -0.3 is 4.74 Å². The van der Waals surface area contributed by atoms with E-state index in [1.54, 1.807) is 0 Å². The number of halogens is 6. The molecule has 0 saturated heterocycles. The van der Waals surface area contributed by atoms with Crippen molar-refractivity contribution in [3.8, 4) is 0 Å². The Kier molecular flexibility index (Phi) is 4.42. The van der Waals surface area contributed by atoms with Gasteiger partial charge in [0.25, 0.3) is 5.92 Å². The van der Waals surface area contributed by atoms with Crippen LogP contribution in [-0.4, -0.2) is 22.5 Å². The predicted molar refractivity (Wildman–Crippen MR) is 70.0 cm³/mol. The molecule has 0 amide bonds. The molecule has 0 aliphatic carbocycles. The van der Waals surface area contributed by atoms with Crippen LogP contribution in [0.5, 0.6) is 0 Å². The van der Waals surface area contributed by atoms with Crippen LogP contribution in [0.3, 0.4) is 0 Å². The highest BCUT2D eigenvalue weighted by Crippen LogP contribution is 2.34. The van der Waals surface area contributed by atoms with E-state index in [0.29, 0.717) is 19.1 Å². The zero-order valence-corrected chi connectivity index (χ0v) is 12.3. The largest absolute Gasteiger partial charge is 0.462 e. The second-order valence-corrected chi connectivity index (χ2v) is 4.86. The summed E-state index contributed by atoms with van der Waals surface area (Å²) in [6, 6.07) is 1.21. The standard InChI is InChI=1S/C14H10F6N2O2/c1-3-24-12(23)7-4-6-5-8(15)10(13(2,16)17)22-11(6)21-9(7)14(18,19)20/h4-5H,3H2,1-2H3. The number of ether oxygens (including phenoxy) is 1. The van der Waals surface area contributed by atoms with Crippen LogP contribution in [0.2, 0.25) is 0 Å². The molecule has 130 valence electrons. The average molecular weight is 352 g/mol. The van der Waals surface area contributed by atoms with E-state index >= 15 is 0 Å². The highest BCUT2D eigenvalue weighted by Gasteiger charge is 2.39. The molecule has 0 fully saturated rings. The zero-order valence-electron chi connectivity index (χ0n) is 12.3. The van der Waals surface area contributed by atoms with E-state index in [4.69, 9.17) is 0 Å². The molecule has 0 aliphatic heterocycles. The second kappa shape index (κ2) is 5.91. The molecule has 0 saturated carbocycles. The van der Waals surface area contributed by atoms with Gasteiger partial charge in [-0.2, -0.15) is 22.0 Å². The van der Waals surface area contributed by atoms with Crippen molar-refractivity contribution in [1.29, 1.82) is 0 Å². The molecule has 0 N–H and O–H groups in total. The lowest BCUT2D eigenvalue weighted by molar-refractivity contribution is -0.141. The molecule has 0 atom stereocenters. The Morgan fingerprint density at radius 3 is 2.21 bits per heavy atom. The summed E-state index contributed by atoms with van der Waals surface area (Å²) in [7, 11) is 0. The van der Waals surface area contributed by atoms with Crippen molar-refractivity contribution in [2.24, 2.45) is 0 Å². The second-order valence-electron chi connectivity index (χ2n) is 4.86. The van der Waals surface area contributed by atoms with Gasteiger partial charge in [-0.3, -0.25) is 0 Å². The third-order valence-electron chi connectivity index (χ3n) is 2.94. The van der Waals surface area contributed by atoms with E-state index in [2.05, 4.69) is 14.7 Å². The Labute approximate surface area is 131 Å². The number of pyridine rings is 2. The zero-order chi connectivity index (χ0) is 18.3. The van der Waals surface area contributed by atoms with Crippen molar-refractivity contribution in [3.05, 3.63) is 34.9 Å².